The highest BCUT2D eigenvalue weighted by molar-refractivity contribution is 6.35. The number of benzene rings is 2. The van der Waals surface area contributed by atoms with E-state index in [4.69, 9.17) is 23.2 Å². The van der Waals surface area contributed by atoms with Crippen LogP contribution in [0.25, 0.3) is 0 Å². The molecule has 0 fully saturated rings. The molecule has 0 atom stereocenters. The summed E-state index contributed by atoms with van der Waals surface area (Å²) in [5.74, 6) is 0.310. The number of hydrogen-bond donors (Lipinski definition) is 2. The first-order valence-corrected chi connectivity index (χ1v) is 7.76. The van der Waals surface area contributed by atoms with Crippen molar-refractivity contribution in [1.82, 2.24) is 0 Å². The minimum Gasteiger partial charge on any atom is -0.307 e. The average Bonchev–Trinajstić information content (AvgIpc) is 2.44. The summed E-state index contributed by atoms with van der Waals surface area (Å²) in [6, 6.07) is 10.6. The molecule has 0 aliphatic rings. The summed E-state index contributed by atoms with van der Waals surface area (Å²) in [7, 11) is 0. The van der Waals surface area contributed by atoms with Crippen molar-refractivity contribution >= 4 is 40.6 Å². The van der Waals surface area contributed by atoms with E-state index in [0.29, 0.717) is 21.7 Å². The molecule has 0 aromatic heterocycles. The van der Waals surface area contributed by atoms with Gasteiger partial charge in [-0.2, -0.15) is 0 Å². The highest BCUT2D eigenvalue weighted by atomic mass is 35.5. The van der Waals surface area contributed by atoms with Crippen LogP contribution in [0.15, 0.2) is 36.4 Å². The zero-order valence-corrected chi connectivity index (χ0v) is 14.2. The number of aryl methyl sites for hydroxylation is 1. The quantitative estimate of drug-likeness (QED) is 0.701. The third kappa shape index (κ3) is 3.93. The summed E-state index contributed by atoms with van der Waals surface area (Å²) in [5.41, 5.74) is 3.41. The average molecular weight is 337 g/mol. The zero-order chi connectivity index (χ0) is 16.3. The monoisotopic (exact) mass is 336 g/mol. The molecule has 0 radical (unpaired) electrons. The topological polar surface area (TPSA) is 41.1 Å². The number of urea groups is 1. The molecule has 0 aliphatic carbocycles. The summed E-state index contributed by atoms with van der Waals surface area (Å²) in [6.07, 6.45) is 0. The van der Waals surface area contributed by atoms with Crippen LogP contribution in [0.1, 0.15) is 30.9 Å². The molecule has 2 rings (SSSR count). The predicted octanol–water partition coefficient (Wildman–Crippen LogP) is 6.07. The Morgan fingerprint density at radius 3 is 2.50 bits per heavy atom. The van der Waals surface area contributed by atoms with E-state index in [0.717, 1.165) is 16.8 Å². The first-order valence-electron chi connectivity index (χ1n) is 7.01. The lowest BCUT2D eigenvalue weighted by molar-refractivity contribution is 0.262. The van der Waals surface area contributed by atoms with Gasteiger partial charge in [-0.1, -0.05) is 55.2 Å². The number of carbonyl (C=O) groups is 1. The molecular weight excluding hydrogens is 319 g/mol. The summed E-state index contributed by atoms with van der Waals surface area (Å²) >= 11 is 12.0. The maximum absolute atomic E-state index is 12.2. The van der Waals surface area contributed by atoms with Gasteiger partial charge in [-0.25, -0.2) is 4.79 Å². The molecule has 0 heterocycles. The predicted molar refractivity (Wildman–Crippen MR) is 94.4 cm³/mol. The Hall–Kier alpha value is -1.71. The van der Waals surface area contributed by atoms with Crippen molar-refractivity contribution in [3.05, 3.63) is 57.6 Å². The molecule has 0 aliphatic heterocycles. The molecular formula is C17H18Cl2N2O. The molecule has 2 N–H and O–H groups in total. The summed E-state index contributed by atoms with van der Waals surface area (Å²) < 4.78 is 0. The fraction of sp³-hybridized carbons (Fsp3) is 0.235. The lowest BCUT2D eigenvalue weighted by Crippen LogP contribution is -2.21. The van der Waals surface area contributed by atoms with Crippen molar-refractivity contribution in [2.24, 2.45) is 0 Å². The number of amides is 2. The third-order valence-electron chi connectivity index (χ3n) is 3.34. The van der Waals surface area contributed by atoms with Crippen LogP contribution in [-0.2, 0) is 0 Å². The number of anilines is 2. The van der Waals surface area contributed by atoms with Crippen molar-refractivity contribution < 1.29 is 4.79 Å². The molecule has 2 amide bonds. The van der Waals surface area contributed by atoms with Gasteiger partial charge >= 0.3 is 6.03 Å². The van der Waals surface area contributed by atoms with E-state index < -0.39 is 0 Å². The highest BCUT2D eigenvalue weighted by Gasteiger charge is 2.13. The molecule has 3 nitrogen and oxygen atoms in total. The maximum atomic E-state index is 12.2. The Bertz CT molecular complexity index is 699. The molecule has 0 unspecified atom stereocenters. The molecule has 2 aromatic carbocycles. The smallest absolute Gasteiger partial charge is 0.307 e. The van der Waals surface area contributed by atoms with Crippen molar-refractivity contribution in [1.29, 1.82) is 0 Å². The number of para-hydroxylation sites is 1. The second-order valence-corrected chi connectivity index (χ2v) is 6.24. The van der Waals surface area contributed by atoms with Crippen LogP contribution in [0.3, 0.4) is 0 Å². The van der Waals surface area contributed by atoms with Gasteiger partial charge in [0.05, 0.1) is 10.7 Å². The van der Waals surface area contributed by atoms with Gasteiger partial charge in [0.25, 0.3) is 0 Å². The van der Waals surface area contributed by atoms with Crippen LogP contribution in [0, 0.1) is 6.92 Å². The largest absolute Gasteiger partial charge is 0.323 e. The normalized spacial score (nSPS) is 10.6. The fourth-order valence-corrected chi connectivity index (χ4v) is 2.54. The van der Waals surface area contributed by atoms with Gasteiger partial charge in [-0.15, -0.1) is 0 Å². The van der Waals surface area contributed by atoms with Crippen LogP contribution < -0.4 is 10.6 Å². The van der Waals surface area contributed by atoms with E-state index in [1.54, 1.807) is 18.2 Å². The first-order chi connectivity index (χ1) is 10.4. The number of halogens is 2. The second kappa shape index (κ2) is 7.03. The van der Waals surface area contributed by atoms with Gasteiger partial charge in [0, 0.05) is 10.7 Å². The van der Waals surface area contributed by atoms with Gasteiger partial charge in [0.15, 0.2) is 0 Å². The SMILES string of the molecule is Cc1cccc(C(C)C)c1NC(=O)Nc1cc(Cl)ccc1Cl. The van der Waals surface area contributed by atoms with E-state index in [1.165, 1.54) is 0 Å². The van der Waals surface area contributed by atoms with E-state index in [2.05, 4.69) is 24.5 Å². The van der Waals surface area contributed by atoms with Crippen molar-refractivity contribution in [2.75, 3.05) is 10.6 Å². The molecule has 22 heavy (non-hydrogen) atoms. The molecule has 0 spiro atoms. The summed E-state index contributed by atoms with van der Waals surface area (Å²) in [5, 5.41) is 6.58. The zero-order valence-electron chi connectivity index (χ0n) is 12.7. The molecule has 116 valence electrons. The Balaban J connectivity index is 2.21. The Labute approximate surface area is 140 Å². The molecule has 0 saturated carbocycles. The minimum atomic E-state index is -0.347. The summed E-state index contributed by atoms with van der Waals surface area (Å²) in [4.78, 5) is 12.2. The van der Waals surface area contributed by atoms with E-state index >= 15 is 0 Å². The minimum absolute atomic E-state index is 0.310. The Kier molecular flexibility index (Phi) is 5.33. The lowest BCUT2D eigenvalue weighted by atomic mass is 9.98. The summed E-state index contributed by atoms with van der Waals surface area (Å²) in [6.45, 7) is 6.14. The Morgan fingerprint density at radius 1 is 1.09 bits per heavy atom. The number of carbonyl (C=O) groups excluding carboxylic acids is 1. The third-order valence-corrected chi connectivity index (χ3v) is 3.91. The maximum Gasteiger partial charge on any atom is 0.323 e. The highest BCUT2D eigenvalue weighted by Crippen LogP contribution is 2.29. The van der Waals surface area contributed by atoms with Crippen LogP contribution >= 0.6 is 23.2 Å². The van der Waals surface area contributed by atoms with Crippen molar-refractivity contribution in [3.8, 4) is 0 Å². The molecule has 2 aromatic rings. The van der Waals surface area contributed by atoms with Crippen molar-refractivity contribution in [3.63, 3.8) is 0 Å². The van der Waals surface area contributed by atoms with Crippen LogP contribution in [-0.4, -0.2) is 6.03 Å². The van der Waals surface area contributed by atoms with Gasteiger partial charge < -0.3 is 10.6 Å². The van der Waals surface area contributed by atoms with Crippen molar-refractivity contribution in [2.45, 2.75) is 26.7 Å². The number of nitrogens with one attached hydrogen (secondary N) is 2. The first kappa shape index (κ1) is 16.7. The van der Waals surface area contributed by atoms with Crippen LogP contribution in [0.5, 0.6) is 0 Å². The van der Waals surface area contributed by atoms with Gasteiger partial charge in [0.2, 0.25) is 0 Å². The van der Waals surface area contributed by atoms with Gasteiger partial charge in [0.1, 0.15) is 0 Å². The second-order valence-electron chi connectivity index (χ2n) is 5.40. The van der Waals surface area contributed by atoms with Crippen LogP contribution in [0.4, 0.5) is 16.2 Å². The van der Waals surface area contributed by atoms with E-state index in [9.17, 15) is 4.79 Å². The van der Waals surface area contributed by atoms with E-state index in [-0.39, 0.29) is 6.03 Å². The molecule has 0 saturated heterocycles. The standard InChI is InChI=1S/C17H18Cl2N2O/c1-10(2)13-6-4-5-11(3)16(13)21-17(22)20-15-9-12(18)7-8-14(15)19/h4-10H,1-3H3,(H2,20,21,22). The molecule has 0 bridgehead atoms. The van der Waals surface area contributed by atoms with Crippen LogP contribution in [0.2, 0.25) is 10.0 Å². The van der Waals surface area contributed by atoms with Gasteiger partial charge in [-0.05, 0) is 42.2 Å². The number of hydrogen-bond acceptors (Lipinski definition) is 1. The number of rotatable bonds is 3. The van der Waals surface area contributed by atoms with Gasteiger partial charge in [-0.3, -0.25) is 0 Å². The Morgan fingerprint density at radius 2 is 1.82 bits per heavy atom. The fourth-order valence-electron chi connectivity index (χ4n) is 2.20. The lowest BCUT2D eigenvalue weighted by Gasteiger charge is -2.17. The van der Waals surface area contributed by atoms with E-state index in [1.807, 2.05) is 25.1 Å². The molecule has 5 heteroatoms.